The van der Waals surface area contributed by atoms with Crippen molar-refractivity contribution in [2.75, 3.05) is 22.4 Å². The monoisotopic (exact) mass is 394 g/mol. The van der Waals surface area contributed by atoms with Gasteiger partial charge in [-0.1, -0.05) is 23.7 Å². The van der Waals surface area contributed by atoms with E-state index in [1.54, 1.807) is 30.3 Å². The van der Waals surface area contributed by atoms with Crippen molar-refractivity contribution < 1.29 is 13.2 Å². The van der Waals surface area contributed by atoms with Gasteiger partial charge in [0.25, 0.3) is 0 Å². The SMILES string of the molecule is Cc1cccc(N(CCCC(=O)Nc2ccc(Cl)cc2)S(C)(=O)=O)c1C. The van der Waals surface area contributed by atoms with E-state index < -0.39 is 10.0 Å². The second-order valence-corrected chi connectivity index (χ2v) is 8.56. The lowest BCUT2D eigenvalue weighted by atomic mass is 10.1. The maximum atomic E-state index is 12.2. The molecule has 140 valence electrons. The van der Waals surface area contributed by atoms with E-state index in [4.69, 9.17) is 11.6 Å². The number of carbonyl (C=O) groups excluding carboxylic acids is 1. The molecular weight excluding hydrogens is 372 g/mol. The molecule has 2 rings (SSSR count). The third-order valence-corrected chi connectivity index (χ3v) is 5.57. The van der Waals surface area contributed by atoms with Crippen LogP contribution in [-0.2, 0) is 14.8 Å². The van der Waals surface area contributed by atoms with Crippen molar-refractivity contribution in [2.24, 2.45) is 0 Å². The summed E-state index contributed by atoms with van der Waals surface area (Å²) in [5, 5.41) is 3.37. The lowest BCUT2D eigenvalue weighted by Gasteiger charge is -2.24. The molecule has 0 spiro atoms. The molecule has 0 bridgehead atoms. The van der Waals surface area contributed by atoms with E-state index in [2.05, 4.69) is 5.32 Å². The summed E-state index contributed by atoms with van der Waals surface area (Å²) in [5.74, 6) is -0.165. The Kier molecular flexibility index (Phi) is 6.67. The molecule has 0 aliphatic heterocycles. The first kappa shape index (κ1) is 20.3. The maximum absolute atomic E-state index is 12.2. The van der Waals surface area contributed by atoms with Crippen molar-refractivity contribution in [3.8, 4) is 0 Å². The standard InChI is InChI=1S/C19H23ClN2O3S/c1-14-6-4-7-18(15(14)2)22(26(3,24)25)13-5-8-19(23)21-17-11-9-16(20)10-12-17/h4,6-7,9-12H,5,8,13H2,1-3H3,(H,21,23). The predicted molar refractivity (Wildman–Crippen MR) is 107 cm³/mol. The van der Waals surface area contributed by atoms with Crippen molar-refractivity contribution in [3.05, 3.63) is 58.6 Å². The van der Waals surface area contributed by atoms with Crippen LogP contribution in [-0.4, -0.2) is 27.1 Å². The van der Waals surface area contributed by atoms with Crippen molar-refractivity contribution >= 4 is 38.9 Å². The van der Waals surface area contributed by atoms with Crippen LogP contribution in [0.5, 0.6) is 0 Å². The van der Waals surface area contributed by atoms with Crippen LogP contribution >= 0.6 is 11.6 Å². The Balaban J connectivity index is 2.01. The highest BCUT2D eigenvalue weighted by Crippen LogP contribution is 2.25. The summed E-state index contributed by atoms with van der Waals surface area (Å²) in [6.07, 6.45) is 1.82. The number of sulfonamides is 1. The molecule has 5 nitrogen and oxygen atoms in total. The number of aryl methyl sites for hydroxylation is 1. The maximum Gasteiger partial charge on any atom is 0.232 e. The molecule has 0 saturated carbocycles. The summed E-state index contributed by atoms with van der Waals surface area (Å²) >= 11 is 5.82. The molecule has 0 aliphatic rings. The van der Waals surface area contributed by atoms with E-state index in [0.29, 0.717) is 22.8 Å². The summed E-state index contributed by atoms with van der Waals surface area (Å²) in [6.45, 7) is 4.09. The minimum atomic E-state index is -3.43. The molecular formula is C19H23ClN2O3S. The Bertz CT molecular complexity index is 880. The second-order valence-electron chi connectivity index (χ2n) is 6.21. The third kappa shape index (κ3) is 5.47. The van der Waals surface area contributed by atoms with Gasteiger partial charge < -0.3 is 5.32 Å². The highest BCUT2D eigenvalue weighted by atomic mass is 35.5. The molecule has 0 saturated heterocycles. The topological polar surface area (TPSA) is 66.5 Å². The Morgan fingerprint density at radius 3 is 2.38 bits per heavy atom. The van der Waals surface area contributed by atoms with Gasteiger partial charge in [0, 0.05) is 23.7 Å². The second kappa shape index (κ2) is 8.56. The van der Waals surface area contributed by atoms with Crippen molar-refractivity contribution in [3.63, 3.8) is 0 Å². The summed E-state index contributed by atoms with van der Waals surface area (Å²) in [6, 6.07) is 12.4. The van der Waals surface area contributed by atoms with E-state index in [1.807, 2.05) is 26.0 Å². The smallest absolute Gasteiger partial charge is 0.232 e. The molecule has 0 unspecified atom stereocenters. The van der Waals surface area contributed by atoms with E-state index in [0.717, 1.165) is 11.1 Å². The molecule has 0 heterocycles. The van der Waals surface area contributed by atoms with Crippen LogP contribution in [0.3, 0.4) is 0 Å². The fourth-order valence-electron chi connectivity index (χ4n) is 2.61. The predicted octanol–water partition coefficient (Wildman–Crippen LogP) is 4.14. The zero-order chi connectivity index (χ0) is 19.3. The van der Waals surface area contributed by atoms with Gasteiger partial charge in [0.15, 0.2) is 0 Å². The first-order chi connectivity index (χ1) is 12.2. The van der Waals surface area contributed by atoms with Gasteiger partial charge in [0.05, 0.1) is 11.9 Å². The Labute approximate surface area is 160 Å². The molecule has 1 N–H and O–H groups in total. The quantitative estimate of drug-likeness (QED) is 0.767. The van der Waals surface area contributed by atoms with Crippen LogP contribution in [0.1, 0.15) is 24.0 Å². The molecule has 0 fully saturated rings. The van der Waals surface area contributed by atoms with Gasteiger partial charge in [0.1, 0.15) is 0 Å². The molecule has 0 atom stereocenters. The van der Waals surface area contributed by atoms with Crippen LogP contribution in [0.4, 0.5) is 11.4 Å². The lowest BCUT2D eigenvalue weighted by molar-refractivity contribution is -0.116. The molecule has 1 amide bonds. The Hall–Kier alpha value is -2.05. The number of carbonyl (C=O) groups is 1. The average Bonchev–Trinajstić information content (AvgIpc) is 2.56. The summed E-state index contributed by atoms with van der Waals surface area (Å²) in [4.78, 5) is 12.1. The summed E-state index contributed by atoms with van der Waals surface area (Å²) in [5.41, 5.74) is 3.26. The lowest BCUT2D eigenvalue weighted by Crippen LogP contribution is -2.32. The molecule has 2 aromatic carbocycles. The van der Waals surface area contributed by atoms with Gasteiger partial charge in [-0.25, -0.2) is 8.42 Å². The molecule has 7 heteroatoms. The number of amides is 1. The zero-order valence-electron chi connectivity index (χ0n) is 15.1. The van der Waals surface area contributed by atoms with Crippen LogP contribution in [0, 0.1) is 13.8 Å². The first-order valence-corrected chi connectivity index (χ1v) is 10.5. The number of rotatable bonds is 7. The van der Waals surface area contributed by atoms with Crippen LogP contribution in [0.15, 0.2) is 42.5 Å². The molecule has 0 aromatic heterocycles. The average molecular weight is 395 g/mol. The van der Waals surface area contributed by atoms with Gasteiger partial charge in [0.2, 0.25) is 15.9 Å². The number of hydrogen-bond donors (Lipinski definition) is 1. The third-order valence-electron chi connectivity index (χ3n) is 4.14. The number of nitrogens with zero attached hydrogens (tertiary/aromatic N) is 1. The Morgan fingerprint density at radius 2 is 1.77 bits per heavy atom. The number of halogens is 1. The zero-order valence-corrected chi connectivity index (χ0v) is 16.7. The fourth-order valence-corrected chi connectivity index (χ4v) is 3.75. The van der Waals surface area contributed by atoms with Crippen molar-refractivity contribution in [1.29, 1.82) is 0 Å². The van der Waals surface area contributed by atoms with E-state index >= 15 is 0 Å². The number of hydrogen-bond acceptors (Lipinski definition) is 3. The largest absolute Gasteiger partial charge is 0.326 e. The number of nitrogens with one attached hydrogen (secondary N) is 1. The minimum Gasteiger partial charge on any atom is -0.326 e. The first-order valence-electron chi connectivity index (χ1n) is 8.28. The molecule has 26 heavy (non-hydrogen) atoms. The molecule has 0 aliphatic carbocycles. The van der Waals surface area contributed by atoms with Crippen molar-refractivity contribution in [2.45, 2.75) is 26.7 Å². The summed E-state index contributed by atoms with van der Waals surface area (Å²) < 4.78 is 25.8. The van der Waals surface area contributed by atoms with Crippen LogP contribution < -0.4 is 9.62 Å². The number of anilines is 2. The van der Waals surface area contributed by atoms with Gasteiger partial charge >= 0.3 is 0 Å². The fraction of sp³-hybridized carbons (Fsp3) is 0.316. The highest BCUT2D eigenvalue weighted by molar-refractivity contribution is 7.92. The van der Waals surface area contributed by atoms with Gasteiger partial charge in [-0.05, 0) is 61.7 Å². The number of benzene rings is 2. The summed E-state index contributed by atoms with van der Waals surface area (Å²) in [7, 11) is -3.43. The van der Waals surface area contributed by atoms with E-state index in [9.17, 15) is 13.2 Å². The van der Waals surface area contributed by atoms with Crippen LogP contribution in [0.2, 0.25) is 5.02 Å². The molecule has 0 radical (unpaired) electrons. The van der Waals surface area contributed by atoms with E-state index in [-0.39, 0.29) is 18.9 Å². The van der Waals surface area contributed by atoms with Gasteiger partial charge in [-0.3, -0.25) is 9.10 Å². The van der Waals surface area contributed by atoms with Crippen LogP contribution in [0.25, 0.3) is 0 Å². The highest BCUT2D eigenvalue weighted by Gasteiger charge is 2.19. The Morgan fingerprint density at radius 1 is 1.12 bits per heavy atom. The normalized spacial score (nSPS) is 11.2. The van der Waals surface area contributed by atoms with Gasteiger partial charge in [-0.15, -0.1) is 0 Å². The minimum absolute atomic E-state index is 0.165. The molecule has 2 aromatic rings. The van der Waals surface area contributed by atoms with E-state index in [1.165, 1.54) is 10.6 Å². The van der Waals surface area contributed by atoms with Crippen molar-refractivity contribution in [1.82, 2.24) is 0 Å². The van der Waals surface area contributed by atoms with Gasteiger partial charge in [-0.2, -0.15) is 0 Å².